The van der Waals surface area contributed by atoms with E-state index in [1.54, 1.807) is 26.2 Å². The van der Waals surface area contributed by atoms with Gasteiger partial charge in [0.1, 0.15) is 18.0 Å². The van der Waals surface area contributed by atoms with Gasteiger partial charge in [-0.05, 0) is 30.5 Å². The van der Waals surface area contributed by atoms with Crippen molar-refractivity contribution in [3.05, 3.63) is 59.7 Å². The van der Waals surface area contributed by atoms with Gasteiger partial charge in [-0.15, -0.1) is 0 Å². The highest BCUT2D eigenvalue weighted by Crippen LogP contribution is 2.36. The molecule has 2 amide bonds. The van der Waals surface area contributed by atoms with Gasteiger partial charge in [-0.1, -0.05) is 43.2 Å². The lowest BCUT2D eigenvalue weighted by Gasteiger charge is -2.28. The number of hydrogen-bond acceptors (Lipinski definition) is 6. The van der Waals surface area contributed by atoms with Gasteiger partial charge < -0.3 is 19.1 Å². The Labute approximate surface area is 212 Å². The molecule has 36 heavy (non-hydrogen) atoms. The number of hydrogen-bond donors (Lipinski definition) is 0. The van der Waals surface area contributed by atoms with E-state index >= 15 is 0 Å². The number of hydrazone groups is 1. The molecule has 0 aromatic heterocycles. The van der Waals surface area contributed by atoms with Crippen LogP contribution in [-0.2, 0) is 14.3 Å². The molecule has 2 aliphatic rings. The Hall–Kier alpha value is -3.39. The van der Waals surface area contributed by atoms with Crippen LogP contribution in [-0.4, -0.2) is 68.5 Å². The van der Waals surface area contributed by atoms with Crippen LogP contribution in [0.3, 0.4) is 0 Å². The summed E-state index contributed by atoms with van der Waals surface area (Å²) in [5, 5.41) is 6.32. The van der Waals surface area contributed by atoms with Gasteiger partial charge in [-0.3, -0.25) is 9.59 Å². The molecular weight excluding hydrogens is 458 g/mol. The van der Waals surface area contributed by atoms with Gasteiger partial charge in [0.05, 0.1) is 32.6 Å². The molecule has 1 atom stereocenters. The zero-order valence-corrected chi connectivity index (χ0v) is 21.3. The SMILES string of the molecule is COCCN(CC(=O)N1N=C(c2ccc(OC)cc2OC)C[C@H]1c1ccccc1)C(=O)C1CCCC1. The fourth-order valence-corrected chi connectivity index (χ4v) is 5.01. The van der Waals surface area contributed by atoms with Crippen LogP contribution in [0.25, 0.3) is 0 Å². The largest absolute Gasteiger partial charge is 0.497 e. The standard InChI is InChI=1S/C28H35N3O5/c1-34-16-15-30(28(33)21-11-7-8-12-21)19-27(32)31-25(20-9-5-4-6-10-20)18-24(29-31)23-14-13-22(35-2)17-26(23)36-3/h4-6,9-10,13-14,17,21,25H,7-8,11-12,15-16,18-19H2,1-3H3/t25-/m0/s1. The number of rotatable bonds is 10. The van der Waals surface area contributed by atoms with Gasteiger partial charge in [0.25, 0.3) is 5.91 Å². The quantitative estimate of drug-likeness (QED) is 0.499. The maximum atomic E-state index is 13.7. The summed E-state index contributed by atoms with van der Waals surface area (Å²) >= 11 is 0. The highest BCUT2D eigenvalue weighted by atomic mass is 16.5. The summed E-state index contributed by atoms with van der Waals surface area (Å²) in [5.74, 6) is 1.12. The van der Waals surface area contributed by atoms with Crippen molar-refractivity contribution in [3.63, 3.8) is 0 Å². The average Bonchev–Trinajstić information content (AvgIpc) is 3.61. The fraction of sp³-hybridized carbons (Fsp3) is 0.464. The molecule has 1 heterocycles. The second-order valence-corrected chi connectivity index (χ2v) is 9.22. The number of carbonyl (C=O) groups excluding carboxylic acids is 2. The molecule has 1 aliphatic carbocycles. The van der Waals surface area contributed by atoms with Gasteiger partial charge in [0.2, 0.25) is 5.91 Å². The van der Waals surface area contributed by atoms with E-state index in [-0.39, 0.29) is 30.3 Å². The zero-order chi connectivity index (χ0) is 25.5. The van der Waals surface area contributed by atoms with E-state index in [2.05, 4.69) is 0 Å². The smallest absolute Gasteiger partial charge is 0.262 e. The maximum absolute atomic E-state index is 13.7. The lowest BCUT2D eigenvalue weighted by molar-refractivity contribution is -0.144. The summed E-state index contributed by atoms with van der Waals surface area (Å²) < 4.78 is 16.2. The molecule has 0 radical (unpaired) electrons. The molecule has 0 spiro atoms. The van der Waals surface area contributed by atoms with Gasteiger partial charge in [0.15, 0.2) is 0 Å². The van der Waals surface area contributed by atoms with Crippen LogP contribution in [0.4, 0.5) is 0 Å². The van der Waals surface area contributed by atoms with E-state index in [0.29, 0.717) is 31.1 Å². The molecule has 0 unspecified atom stereocenters. The lowest BCUT2D eigenvalue weighted by atomic mass is 9.98. The van der Waals surface area contributed by atoms with E-state index in [1.165, 1.54) is 5.01 Å². The number of methoxy groups -OCH3 is 3. The molecule has 2 aromatic rings. The molecule has 2 aromatic carbocycles. The van der Waals surface area contributed by atoms with Gasteiger partial charge in [-0.2, -0.15) is 5.10 Å². The fourth-order valence-electron chi connectivity index (χ4n) is 5.01. The first-order valence-electron chi connectivity index (χ1n) is 12.5. The Morgan fingerprint density at radius 3 is 2.44 bits per heavy atom. The molecular formula is C28H35N3O5. The first kappa shape index (κ1) is 25.7. The molecule has 0 bridgehead atoms. The average molecular weight is 494 g/mol. The number of benzene rings is 2. The minimum atomic E-state index is -0.272. The molecule has 0 saturated heterocycles. The van der Waals surface area contributed by atoms with Gasteiger partial charge in [0, 0.05) is 37.6 Å². The van der Waals surface area contributed by atoms with Crippen molar-refractivity contribution in [2.24, 2.45) is 11.0 Å². The predicted molar refractivity (Wildman–Crippen MR) is 137 cm³/mol. The van der Waals surface area contributed by atoms with Crippen LogP contribution in [0.5, 0.6) is 11.5 Å². The number of nitrogens with zero attached hydrogens (tertiary/aromatic N) is 3. The third-order valence-corrected chi connectivity index (χ3v) is 6.98. The summed E-state index contributed by atoms with van der Waals surface area (Å²) in [6, 6.07) is 15.2. The summed E-state index contributed by atoms with van der Waals surface area (Å²) in [7, 11) is 4.81. The van der Waals surface area contributed by atoms with E-state index in [9.17, 15) is 9.59 Å². The highest BCUT2D eigenvalue weighted by Gasteiger charge is 2.36. The minimum absolute atomic E-state index is 0.0132. The molecule has 1 fully saturated rings. The van der Waals surface area contributed by atoms with Crippen molar-refractivity contribution < 1.29 is 23.8 Å². The van der Waals surface area contributed by atoms with Crippen LogP contribution in [0.1, 0.15) is 49.3 Å². The van der Waals surface area contributed by atoms with Crippen LogP contribution in [0.15, 0.2) is 53.6 Å². The number of ether oxygens (including phenoxy) is 3. The summed E-state index contributed by atoms with van der Waals surface area (Å²) in [4.78, 5) is 28.5. The normalized spacial score (nSPS) is 17.7. The Bertz CT molecular complexity index is 1080. The van der Waals surface area contributed by atoms with E-state index in [4.69, 9.17) is 19.3 Å². The zero-order valence-electron chi connectivity index (χ0n) is 21.3. The first-order chi connectivity index (χ1) is 17.5. The second kappa shape index (κ2) is 12.0. The van der Waals surface area contributed by atoms with Crippen molar-refractivity contribution >= 4 is 17.5 Å². The van der Waals surface area contributed by atoms with Crippen LogP contribution in [0.2, 0.25) is 0 Å². The Kier molecular flexibility index (Phi) is 8.59. The summed E-state index contributed by atoms with van der Waals surface area (Å²) in [6.45, 7) is 0.730. The van der Waals surface area contributed by atoms with Crippen LogP contribution < -0.4 is 9.47 Å². The molecule has 1 aliphatic heterocycles. The Morgan fingerprint density at radius 1 is 1.03 bits per heavy atom. The van der Waals surface area contributed by atoms with Crippen molar-refractivity contribution in [1.29, 1.82) is 0 Å². The molecule has 4 rings (SSSR count). The monoisotopic (exact) mass is 493 g/mol. The molecule has 0 N–H and O–H groups in total. The Morgan fingerprint density at radius 2 is 1.78 bits per heavy atom. The van der Waals surface area contributed by atoms with Gasteiger partial charge >= 0.3 is 0 Å². The molecule has 8 heteroatoms. The molecule has 1 saturated carbocycles. The second-order valence-electron chi connectivity index (χ2n) is 9.22. The minimum Gasteiger partial charge on any atom is -0.497 e. The predicted octanol–water partition coefficient (Wildman–Crippen LogP) is 4.05. The number of carbonyl (C=O) groups is 2. The van der Waals surface area contributed by atoms with Crippen molar-refractivity contribution in [2.45, 2.75) is 38.1 Å². The van der Waals surface area contributed by atoms with Crippen molar-refractivity contribution in [2.75, 3.05) is 41.0 Å². The molecule has 8 nitrogen and oxygen atoms in total. The van der Waals surface area contributed by atoms with Gasteiger partial charge in [-0.25, -0.2) is 5.01 Å². The number of amides is 2. The lowest BCUT2D eigenvalue weighted by Crippen LogP contribution is -2.44. The highest BCUT2D eigenvalue weighted by molar-refractivity contribution is 6.05. The first-order valence-corrected chi connectivity index (χ1v) is 12.5. The van der Waals surface area contributed by atoms with Crippen LogP contribution >= 0.6 is 0 Å². The topological polar surface area (TPSA) is 80.7 Å². The third kappa shape index (κ3) is 5.70. The third-order valence-electron chi connectivity index (χ3n) is 6.98. The maximum Gasteiger partial charge on any atom is 0.262 e. The molecule has 192 valence electrons. The van der Waals surface area contributed by atoms with Crippen molar-refractivity contribution in [1.82, 2.24) is 9.91 Å². The van der Waals surface area contributed by atoms with Crippen molar-refractivity contribution in [3.8, 4) is 11.5 Å². The van der Waals surface area contributed by atoms with E-state index in [1.807, 2.05) is 48.5 Å². The van der Waals surface area contributed by atoms with E-state index in [0.717, 1.165) is 42.5 Å². The van der Waals surface area contributed by atoms with E-state index < -0.39 is 0 Å². The Balaban J connectivity index is 1.62. The summed E-state index contributed by atoms with van der Waals surface area (Å²) in [6.07, 6.45) is 4.41. The van der Waals surface area contributed by atoms with Crippen LogP contribution in [0, 0.1) is 5.92 Å². The summed E-state index contributed by atoms with van der Waals surface area (Å²) in [5.41, 5.74) is 2.55.